The molecule has 3 aromatic carbocycles. The van der Waals surface area contributed by atoms with Gasteiger partial charge in [0.2, 0.25) is 5.91 Å². The number of anilines is 1. The number of amides is 2. The van der Waals surface area contributed by atoms with Crippen molar-refractivity contribution >= 4 is 40.9 Å². The first-order chi connectivity index (χ1) is 17.3. The minimum absolute atomic E-state index is 0.0168. The molecule has 4 rings (SSSR count). The third-order valence-electron chi connectivity index (χ3n) is 5.31. The van der Waals surface area contributed by atoms with Crippen molar-refractivity contribution < 1.29 is 14.0 Å². The molecule has 0 spiro atoms. The first kappa shape index (κ1) is 25.4. The zero-order chi connectivity index (χ0) is 25.7. The summed E-state index contributed by atoms with van der Waals surface area (Å²) in [4.78, 5) is 25.2. The van der Waals surface area contributed by atoms with Crippen LogP contribution in [-0.2, 0) is 11.3 Å². The molecule has 1 heterocycles. The highest BCUT2D eigenvalue weighted by Crippen LogP contribution is 2.24. The maximum atomic E-state index is 14.1. The average molecular weight is 524 g/mol. The number of thioether (sulfide) groups is 1. The van der Waals surface area contributed by atoms with Gasteiger partial charge in [0.25, 0.3) is 5.91 Å². The molecule has 0 aliphatic heterocycles. The summed E-state index contributed by atoms with van der Waals surface area (Å²) in [7, 11) is 0. The zero-order valence-electron chi connectivity index (χ0n) is 19.6. The summed E-state index contributed by atoms with van der Waals surface area (Å²) in [6.45, 7) is 3.87. The van der Waals surface area contributed by atoms with E-state index >= 15 is 0 Å². The van der Waals surface area contributed by atoms with Crippen LogP contribution in [0.2, 0.25) is 5.02 Å². The number of aryl methyl sites for hydroxylation is 2. The number of nitrogens with zero attached hydrogens (tertiary/aromatic N) is 3. The van der Waals surface area contributed by atoms with E-state index in [0.29, 0.717) is 11.0 Å². The fraction of sp³-hybridized carbons (Fsp3) is 0.154. The molecule has 2 N–H and O–H groups in total. The number of para-hydroxylation sites is 1. The number of halogens is 2. The van der Waals surface area contributed by atoms with E-state index in [1.54, 1.807) is 4.57 Å². The van der Waals surface area contributed by atoms with Crippen LogP contribution in [0, 0.1) is 19.7 Å². The molecular formula is C26H23ClFN5O2S. The van der Waals surface area contributed by atoms with E-state index < -0.39 is 11.7 Å². The lowest BCUT2D eigenvalue weighted by molar-refractivity contribution is -0.113. The van der Waals surface area contributed by atoms with E-state index in [1.807, 2.05) is 62.4 Å². The van der Waals surface area contributed by atoms with E-state index in [9.17, 15) is 14.0 Å². The first-order valence-electron chi connectivity index (χ1n) is 11.1. The normalized spacial score (nSPS) is 10.8. The SMILES string of the molecule is Cc1ccc(C)c(NC(=O)CSc2nnc(CNC(=O)c3c(F)cccc3Cl)n2-c2ccccc2)c1. The van der Waals surface area contributed by atoms with Crippen LogP contribution < -0.4 is 10.6 Å². The lowest BCUT2D eigenvalue weighted by Gasteiger charge is -2.12. The van der Waals surface area contributed by atoms with Crippen LogP contribution in [0.15, 0.2) is 71.9 Å². The van der Waals surface area contributed by atoms with E-state index in [1.165, 1.54) is 30.0 Å². The summed E-state index contributed by atoms with van der Waals surface area (Å²) in [5, 5.41) is 14.5. The van der Waals surface area contributed by atoms with Crippen molar-refractivity contribution in [2.75, 3.05) is 11.1 Å². The Labute approximate surface area is 217 Å². The highest BCUT2D eigenvalue weighted by molar-refractivity contribution is 7.99. The molecular weight excluding hydrogens is 501 g/mol. The van der Waals surface area contributed by atoms with Crippen LogP contribution in [0.1, 0.15) is 27.3 Å². The van der Waals surface area contributed by atoms with Crippen LogP contribution in [0.25, 0.3) is 5.69 Å². The molecule has 0 aliphatic carbocycles. The highest BCUT2D eigenvalue weighted by atomic mass is 35.5. The Morgan fingerprint density at radius 3 is 2.56 bits per heavy atom. The van der Waals surface area contributed by atoms with Gasteiger partial charge in [-0.25, -0.2) is 4.39 Å². The van der Waals surface area contributed by atoms with Gasteiger partial charge in [0.05, 0.1) is 22.9 Å². The Morgan fingerprint density at radius 1 is 1.03 bits per heavy atom. The summed E-state index contributed by atoms with van der Waals surface area (Å²) >= 11 is 7.23. The summed E-state index contributed by atoms with van der Waals surface area (Å²) < 4.78 is 15.9. The summed E-state index contributed by atoms with van der Waals surface area (Å²) in [6.07, 6.45) is 0. The summed E-state index contributed by atoms with van der Waals surface area (Å²) in [6, 6.07) is 19.2. The molecule has 0 saturated heterocycles. The molecule has 4 aromatic rings. The maximum absolute atomic E-state index is 14.1. The Morgan fingerprint density at radius 2 is 1.81 bits per heavy atom. The molecule has 0 aliphatic rings. The van der Waals surface area contributed by atoms with Gasteiger partial charge < -0.3 is 10.6 Å². The molecule has 0 unspecified atom stereocenters. The Kier molecular flexibility index (Phi) is 8.02. The zero-order valence-corrected chi connectivity index (χ0v) is 21.2. The minimum atomic E-state index is -0.712. The summed E-state index contributed by atoms with van der Waals surface area (Å²) in [5.41, 5.74) is 3.31. The minimum Gasteiger partial charge on any atom is -0.345 e. The molecule has 0 saturated carbocycles. The van der Waals surface area contributed by atoms with Gasteiger partial charge in [-0.05, 0) is 55.3 Å². The standard InChI is InChI=1S/C26H23ClFN5O2S/c1-16-11-12-17(2)21(13-16)30-23(34)15-36-26-32-31-22(33(26)18-7-4-3-5-8-18)14-29-25(35)24-19(27)9-6-10-20(24)28/h3-13H,14-15H2,1-2H3,(H,29,35)(H,30,34). The molecule has 2 amide bonds. The van der Waals surface area contributed by atoms with Gasteiger partial charge in [-0.1, -0.05) is 59.8 Å². The van der Waals surface area contributed by atoms with Gasteiger partial charge in [0.1, 0.15) is 5.82 Å². The van der Waals surface area contributed by atoms with E-state index in [4.69, 9.17) is 11.6 Å². The topological polar surface area (TPSA) is 88.9 Å². The Hall–Kier alpha value is -3.69. The largest absolute Gasteiger partial charge is 0.345 e. The van der Waals surface area contributed by atoms with Crippen LogP contribution >= 0.6 is 23.4 Å². The second kappa shape index (κ2) is 11.4. The summed E-state index contributed by atoms with van der Waals surface area (Å²) in [5.74, 6) is -1.03. The second-order valence-corrected chi connectivity index (χ2v) is 9.35. The average Bonchev–Trinajstić information content (AvgIpc) is 3.27. The molecule has 10 heteroatoms. The monoisotopic (exact) mass is 523 g/mol. The van der Waals surface area contributed by atoms with Crippen molar-refractivity contribution in [3.05, 3.63) is 100 Å². The van der Waals surface area contributed by atoms with Crippen LogP contribution in [0.4, 0.5) is 10.1 Å². The van der Waals surface area contributed by atoms with E-state index in [-0.39, 0.29) is 28.8 Å². The van der Waals surface area contributed by atoms with Crippen molar-refractivity contribution in [3.8, 4) is 5.69 Å². The number of benzene rings is 3. The van der Waals surface area contributed by atoms with Crippen LogP contribution in [0.5, 0.6) is 0 Å². The Balaban J connectivity index is 1.51. The smallest absolute Gasteiger partial charge is 0.256 e. The molecule has 36 heavy (non-hydrogen) atoms. The van der Waals surface area contributed by atoms with Crippen molar-refractivity contribution in [3.63, 3.8) is 0 Å². The molecule has 0 radical (unpaired) electrons. The lowest BCUT2D eigenvalue weighted by atomic mass is 10.1. The van der Waals surface area contributed by atoms with Gasteiger partial charge in [0, 0.05) is 11.4 Å². The number of hydrogen-bond donors (Lipinski definition) is 2. The van der Waals surface area contributed by atoms with Gasteiger partial charge in [-0.15, -0.1) is 10.2 Å². The van der Waals surface area contributed by atoms with Crippen molar-refractivity contribution in [1.29, 1.82) is 0 Å². The van der Waals surface area contributed by atoms with E-state index in [0.717, 1.165) is 22.5 Å². The first-order valence-corrected chi connectivity index (χ1v) is 12.4. The molecule has 1 aromatic heterocycles. The second-order valence-electron chi connectivity index (χ2n) is 8.00. The predicted molar refractivity (Wildman–Crippen MR) is 139 cm³/mol. The lowest BCUT2D eigenvalue weighted by Crippen LogP contribution is -2.26. The molecule has 0 fully saturated rings. The van der Waals surface area contributed by atoms with Crippen molar-refractivity contribution in [2.24, 2.45) is 0 Å². The number of hydrogen-bond acceptors (Lipinski definition) is 5. The number of carbonyl (C=O) groups excluding carboxylic acids is 2. The highest BCUT2D eigenvalue weighted by Gasteiger charge is 2.19. The van der Waals surface area contributed by atoms with Gasteiger partial charge in [0.15, 0.2) is 11.0 Å². The van der Waals surface area contributed by atoms with Gasteiger partial charge in [-0.3, -0.25) is 14.2 Å². The van der Waals surface area contributed by atoms with Crippen LogP contribution in [-0.4, -0.2) is 32.3 Å². The van der Waals surface area contributed by atoms with Crippen molar-refractivity contribution in [2.45, 2.75) is 25.5 Å². The molecule has 184 valence electrons. The molecule has 0 bridgehead atoms. The fourth-order valence-corrected chi connectivity index (χ4v) is 4.51. The number of nitrogens with one attached hydrogen (secondary N) is 2. The quantitative estimate of drug-likeness (QED) is 0.304. The number of aromatic nitrogens is 3. The van der Waals surface area contributed by atoms with Gasteiger partial charge >= 0.3 is 0 Å². The third-order valence-corrected chi connectivity index (χ3v) is 6.56. The number of rotatable bonds is 8. The number of carbonyl (C=O) groups is 2. The Bertz CT molecular complexity index is 1390. The van der Waals surface area contributed by atoms with E-state index in [2.05, 4.69) is 20.8 Å². The van der Waals surface area contributed by atoms with Gasteiger partial charge in [-0.2, -0.15) is 0 Å². The fourth-order valence-electron chi connectivity index (χ4n) is 3.49. The predicted octanol–water partition coefficient (Wildman–Crippen LogP) is 5.34. The third kappa shape index (κ3) is 5.92. The van der Waals surface area contributed by atoms with Crippen molar-refractivity contribution in [1.82, 2.24) is 20.1 Å². The maximum Gasteiger partial charge on any atom is 0.256 e. The molecule has 7 nitrogen and oxygen atoms in total. The molecule has 0 atom stereocenters. The van der Waals surface area contributed by atoms with Crippen LogP contribution in [0.3, 0.4) is 0 Å².